The number of nitrogens with zero attached hydrogens (tertiary/aromatic N) is 1. The number of ether oxygens (including phenoxy) is 1. The molecule has 1 saturated heterocycles. The number of halogens is 1. The second-order valence-corrected chi connectivity index (χ2v) is 11.0. The van der Waals surface area contributed by atoms with Gasteiger partial charge in [-0.2, -0.15) is 4.31 Å². The van der Waals surface area contributed by atoms with Crippen molar-refractivity contribution in [3.05, 3.63) is 95.8 Å². The SMILES string of the molecule is O=C(OCc1ccccc1)[C@H](Cc1ccc(O)cc1)NC(=O)[C@@H]1CCCCN1S(=O)(=O)c1cccc(F)c1. The molecule has 1 aliphatic rings. The molecule has 3 aromatic carbocycles. The van der Waals surface area contributed by atoms with Crippen LogP contribution >= 0.6 is 0 Å². The van der Waals surface area contributed by atoms with Crippen LogP contribution in [0.4, 0.5) is 4.39 Å². The summed E-state index contributed by atoms with van der Waals surface area (Å²) in [5.74, 6) is -1.95. The minimum Gasteiger partial charge on any atom is -0.508 e. The predicted octanol–water partition coefficient (Wildman–Crippen LogP) is 3.55. The first-order valence-electron chi connectivity index (χ1n) is 12.3. The lowest BCUT2D eigenvalue weighted by atomic mass is 10.0. The maximum absolute atomic E-state index is 13.8. The molecule has 8 nitrogen and oxygen atoms in total. The number of benzene rings is 3. The minimum atomic E-state index is -4.16. The van der Waals surface area contributed by atoms with Gasteiger partial charge in [0.05, 0.1) is 4.90 Å². The number of rotatable bonds is 9. The molecule has 2 atom stereocenters. The van der Waals surface area contributed by atoms with Gasteiger partial charge >= 0.3 is 5.97 Å². The molecule has 0 spiro atoms. The van der Waals surface area contributed by atoms with E-state index in [1.165, 1.54) is 24.3 Å². The van der Waals surface area contributed by atoms with Crippen LogP contribution in [0, 0.1) is 5.82 Å². The Bertz CT molecular complexity index is 1370. The first kappa shape index (κ1) is 27.3. The number of phenolic OH excluding ortho intramolecular Hbond substituents is 1. The molecule has 1 aliphatic heterocycles. The molecule has 4 rings (SSSR count). The second-order valence-electron chi connectivity index (χ2n) is 9.11. The Labute approximate surface area is 221 Å². The third-order valence-electron chi connectivity index (χ3n) is 6.36. The maximum Gasteiger partial charge on any atom is 0.329 e. The summed E-state index contributed by atoms with van der Waals surface area (Å²) in [6.07, 6.45) is 1.50. The zero-order valence-corrected chi connectivity index (χ0v) is 21.4. The molecule has 10 heteroatoms. The Morgan fingerprint density at radius 2 is 1.74 bits per heavy atom. The highest BCUT2D eigenvalue weighted by atomic mass is 32.2. The van der Waals surface area contributed by atoms with Gasteiger partial charge in [0.1, 0.15) is 30.3 Å². The minimum absolute atomic E-state index is 0.00509. The van der Waals surface area contributed by atoms with Crippen LogP contribution in [0.2, 0.25) is 0 Å². The van der Waals surface area contributed by atoms with Crippen molar-refractivity contribution in [1.29, 1.82) is 0 Å². The van der Waals surface area contributed by atoms with Crippen LogP contribution in [0.5, 0.6) is 5.75 Å². The average molecular weight is 541 g/mol. The molecule has 2 N–H and O–H groups in total. The molecule has 200 valence electrons. The van der Waals surface area contributed by atoms with E-state index in [4.69, 9.17) is 4.74 Å². The smallest absolute Gasteiger partial charge is 0.329 e. The van der Waals surface area contributed by atoms with Gasteiger partial charge in [0.2, 0.25) is 15.9 Å². The first-order valence-corrected chi connectivity index (χ1v) is 13.7. The number of nitrogens with one attached hydrogen (secondary N) is 1. The zero-order chi connectivity index (χ0) is 27.1. The van der Waals surface area contributed by atoms with E-state index in [-0.39, 0.29) is 36.6 Å². The van der Waals surface area contributed by atoms with Crippen molar-refractivity contribution in [2.45, 2.75) is 49.3 Å². The second kappa shape index (κ2) is 12.2. The van der Waals surface area contributed by atoms with Gasteiger partial charge in [-0.25, -0.2) is 17.6 Å². The quantitative estimate of drug-likeness (QED) is 0.402. The number of hydrogen-bond acceptors (Lipinski definition) is 6. The highest BCUT2D eigenvalue weighted by molar-refractivity contribution is 7.89. The fraction of sp³-hybridized carbons (Fsp3) is 0.286. The molecule has 3 aromatic rings. The van der Waals surface area contributed by atoms with Crippen molar-refractivity contribution in [2.75, 3.05) is 6.54 Å². The Morgan fingerprint density at radius 3 is 2.45 bits per heavy atom. The largest absolute Gasteiger partial charge is 0.508 e. The molecular formula is C28H29FN2O6S. The highest BCUT2D eigenvalue weighted by Crippen LogP contribution is 2.26. The van der Waals surface area contributed by atoms with Gasteiger partial charge in [-0.05, 0) is 54.3 Å². The van der Waals surface area contributed by atoms with E-state index in [2.05, 4.69) is 5.32 Å². The Hall–Kier alpha value is -3.76. The molecule has 0 aliphatic carbocycles. The lowest BCUT2D eigenvalue weighted by Gasteiger charge is -2.34. The number of amides is 1. The third kappa shape index (κ3) is 6.76. The van der Waals surface area contributed by atoms with Crippen LogP contribution in [0.3, 0.4) is 0 Å². The molecule has 1 fully saturated rings. The van der Waals surface area contributed by atoms with Gasteiger partial charge in [-0.1, -0.05) is 55.0 Å². The molecule has 0 bridgehead atoms. The summed E-state index contributed by atoms with van der Waals surface area (Å²) < 4.78 is 47.0. The van der Waals surface area contributed by atoms with E-state index in [0.717, 1.165) is 22.0 Å². The number of sulfonamides is 1. The van der Waals surface area contributed by atoms with E-state index >= 15 is 0 Å². The van der Waals surface area contributed by atoms with Crippen molar-refractivity contribution in [3.8, 4) is 5.75 Å². The molecule has 0 unspecified atom stereocenters. The fourth-order valence-electron chi connectivity index (χ4n) is 4.38. The Morgan fingerprint density at radius 1 is 1.00 bits per heavy atom. The summed E-state index contributed by atoms with van der Waals surface area (Å²) in [6, 6.07) is 17.8. The van der Waals surface area contributed by atoms with Crippen LogP contribution in [0.1, 0.15) is 30.4 Å². The van der Waals surface area contributed by atoms with E-state index < -0.39 is 39.8 Å². The van der Waals surface area contributed by atoms with Crippen molar-refractivity contribution < 1.29 is 32.2 Å². The summed E-state index contributed by atoms with van der Waals surface area (Å²) in [6.45, 7) is 0.100. The van der Waals surface area contributed by atoms with Gasteiger partial charge < -0.3 is 15.2 Å². The predicted molar refractivity (Wildman–Crippen MR) is 138 cm³/mol. The van der Waals surface area contributed by atoms with Gasteiger partial charge in [0, 0.05) is 13.0 Å². The van der Waals surface area contributed by atoms with E-state index in [1.807, 2.05) is 18.2 Å². The summed E-state index contributed by atoms with van der Waals surface area (Å²) in [4.78, 5) is 26.3. The van der Waals surface area contributed by atoms with Crippen LogP contribution in [0.15, 0.2) is 83.8 Å². The van der Waals surface area contributed by atoms with Gasteiger partial charge in [0.25, 0.3) is 0 Å². The molecule has 38 heavy (non-hydrogen) atoms. The van der Waals surface area contributed by atoms with Crippen LogP contribution in [-0.2, 0) is 37.4 Å². The molecule has 1 heterocycles. The topological polar surface area (TPSA) is 113 Å². The van der Waals surface area contributed by atoms with E-state index in [1.54, 1.807) is 24.3 Å². The molecule has 0 aromatic heterocycles. The van der Waals surface area contributed by atoms with E-state index in [9.17, 15) is 27.5 Å². The number of carbonyl (C=O) groups is 2. The van der Waals surface area contributed by atoms with Gasteiger partial charge in [0.15, 0.2) is 0 Å². The summed E-state index contributed by atoms with van der Waals surface area (Å²) in [7, 11) is -4.16. The lowest BCUT2D eigenvalue weighted by molar-refractivity contribution is -0.149. The van der Waals surface area contributed by atoms with Crippen LogP contribution in [-0.4, -0.2) is 48.3 Å². The van der Waals surface area contributed by atoms with Crippen molar-refractivity contribution in [3.63, 3.8) is 0 Å². The lowest BCUT2D eigenvalue weighted by Crippen LogP contribution is -2.55. The summed E-state index contributed by atoms with van der Waals surface area (Å²) in [5, 5.41) is 12.3. The number of esters is 1. The summed E-state index contributed by atoms with van der Waals surface area (Å²) >= 11 is 0. The maximum atomic E-state index is 13.8. The Kier molecular flexibility index (Phi) is 8.75. The molecule has 0 saturated carbocycles. The van der Waals surface area contributed by atoms with Gasteiger partial charge in [-0.3, -0.25) is 4.79 Å². The monoisotopic (exact) mass is 540 g/mol. The number of hydrogen-bond donors (Lipinski definition) is 2. The standard InChI is InChI=1S/C28H29FN2O6S/c29-22-9-6-10-24(18-22)38(35,36)31-16-5-4-11-26(31)27(33)30-25(17-20-12-14-23(32)15-13-20)28(34)37-19-21-7-2-1-3-8-21/h1-3,6-10,12-15,18,25-26,32H,4-5,11,16-17,19H2,(H,30,33)/t25-,26-/m0/s1. The van der Waals surface area contributed by atoms with Crippen LogP contribution in [0.25, 0.3) is 0 Å². The number of phenols is 1. The fourth-order valence-corrected chi connectivity index (χ4v) is 6.06. The summed E-state index contributed by atoms with van der Waals surface area (Å²) in [5.41, 5.74) is 1.44. The highest BCUT2D eigenvalue weighted by Gasteiger charge is 2.39. The van der Waals surface area contributed by atoms with Gasteiger partial charge in [-0.15, -0.1) is 0 Å². The van der Waals surface area contributed by atoms with Crippen molar-refractivity contribution >= 4 is 21.9 Å². The van der Waals surface area contributed by atoms with E-state index in [0.29, 0.717) is 18.4 Å². The molecular weight excluding hydrogens is 511 g/mol. The first-order chi connectivity index (χ1) is 18.2. The van der Waals surface area contributed by atoms with Crippen molar-refractivity contribution in [2.24, 2.45) is 0 Å². The number of piperidine rings is 1. The van der Waals surface area contributed by atoms with Crippen LogP contribution < -0.4 is 5.32 Å². The Balaban J connectivity index is 1.54. The molecule has 1 amide bonds. The zero-order valence-electron chi connectivity index (χ0n) is 20.6. The molecule has 0 radical (unpaired) electrons. The number of aromatic hydroxyl groups is 1. The normalized spacial score (nSPS) is 16.9. The van der Waals surface area contributed by atoms with Crippen molar-refractivity contribution in [1.82, 2.24) is 9.62 Å². The average Bonchev–Trinajstić information content (AvgIpc) is 2.93. The third-order valence-corrected chi connectivity index (χ3v) is 8.26. The number of carbonyl (C=O) groups excluding carboxylic acids is 2.